The van der Waals surface area contributed by atoms with Gasteiger partial charge in [0.15, 0.2) is 0 Å². The van der Waals surface area contributed by atoms with Crippen molar-refractivity contribution < 1.29 is 0 Å². The monoisotopic (exact) mass is 182 g/mol. The number of allylic oxidation sites excluding steroid dienone is 2. The van der Waals surface area contributed by atoms with E-state index in [2.05, 4.69) is 9.97 Å². The van der Waals surface area contributed by atoms with Gasteiger partial charge in [0.25, 0.3) is 0 Å². The molecular formula is C11H11BN2. The summed E-state index contributed by atoms with van der Waals surface area (Å²) in [6.45, 7) is 3.97. The number of fused-ring (bicyclic) bond motifs is 1. The lowest BCUT2D eigenvalue weighted by Crippen LogP contribution is -2.31. The van der Waals surface area contributed by atoms with Crippen LogP contribution >= 0.6 is 0 Å². The largest absolute Gasteiger partial charge is 0.253 e. The van der Waals surface area contributed by atoms with Crippen molar-refractivity contribution in [2.75, 3.05) is 0 Å². The Morgan fingerprint density at radius 3 is 2.50 bits per heavy atom. The Balaban J connectivity index is 2.80. The second kappa shape index (κ2) is 3.09. The van der Waals surface area contributed by atoms with Crippen molar-refractivity contribution in [2.24, 2.45) is 0 Å². The van der Waals surface area contributed by atoms with Crippen LogP contribution in [0.5, 0.6) is 0 Å². The van der Waals surface area contributed by atoms with Gasteiger partial charge in [-0.3, -0.25) is 9.97 Å². The average Bonchev–Trinajstić information content (AvgIpc) is 2.16. The van der Waals surface area contributed by atoms with Crippen LogP contribution in [0.2, 0.25) is 5.31 Å². The fourth-order valence-corrected chi connectivity index (χ4v) is 1.67. The Morgan fingerprint density at radius 1 is 1.14 bits per heavy atom. The zero-order chi connectivity index (χ0) is 10.2. The van der Waals surface area contributed by atoms with Gasteiger partial charge in [-0.1, -0.05) is 24.6 Å². The molecular weight excluding hydrogens is 171 g/mol. The first kappa shape index (κ1) is 9.19. The van der Waals surface area contributed by atoms with Crippen molar-refractivity contribution in [3.8, 4) is 0 Å². The molecule has 1 atom stereocenters. The summed E-state index contributed by atoms with van der Waals surface area (Å²) in [5.41, 5.74) is 1.12. The summed E-state index contributed by atoms with van der Waals surface area (Å²) in [6.07, 6.45) is 9.31. The topological polar surface area (TPSA) is 25.8 Å². The van der Waals surface area contributed by atoms with Crippen molar-refractivity contribution in [1.29, 1.82) is 0 Å². The normalized spacial score (nSPS) is 25.1. The molecule has 1 aliphatic rings. The van der Waals surface area contributed by atoms with Crippen molar-refractivity contribution in [3.63, 3.8) is 0 Å². The van der Waals surface area contributed by atoms with E-state index in [0.29, 0.717) is 0 Å². The molecule has 0 fully saturated rings. The fraction of sp³-hybridized carbons (Fsp3) is 0.273. The molecule has 0 N–H and O–H groups in total. The Kier molecular flexibility index (Phi) is 2.03. The maximum absolute atomic E-state index is 6.06. The smallest absolute Gasteiger partial charge is 0.0886 e. The summed E-state index contributed by atoms with van der Waals surface area (Å²) < 4.78 is 0. The molecule has 1 aliphatic carbocycles. The molecule has 2 radical (unpaired) electrons. The first-order chi connectivity index (χ1) is 6.57. The van der Waals surface area contributed by atoms with E-state index in [1.54, 1.807) is 12.4 Å². The predicted molar refractivity (Wildman–Crippen MR) is 58.1 cm³/mol. The Bertz CT molecular complexity index is 500. The van der Waals surface area contributed by atoms with Crippen molar-refractivity contribution >= 4 is 20.0 Å². The third-order valence-electron chi connectivity index (χ3n) is 2.11. The molecule has 68 valence electrons. The summed E-state index contributed by atoms with van der Waals surface area (Å²) in [6, 6.07) is 0. The molecule has 1 aromatic heterocycles. The second-order valence-corrected chi connectivity index (χ2v) is 3.87. The highest BCUT2D eigenvalue weighted by Gasteiger charge is 2.12. The van der Waals surface area contributed by atoms with E-state index in [9.17, 15) is 0 Å². The van der Waals surface area contributed by atoms with Crippen LogP contribution < -0.4 is 10.7 Å². The Morgan fingerprint density at radius 2 is 1.79 bits per heavy atom. The third kappa shape index (κ3) is 1.76. The third-order valence-corrected chi connectivity index (χ3v) is 2.11. The van der Waals surface area contributed by atoms with E-state index >= 15 is 0 Å². The molecule has 0 bridgehead atoms. The highest BCUT2D eigenvalue weighted by Crippen LogP contribution is 2.26. The van der Waals surface area contributed by atoms with E-state index < -0.39 is 5.31 Å². The van der Waals surface area contributed by atoms with E-state index in [0.717, 1.165) is 16.3 Å². The number of hydrogen-bond acceptors (Lipinski definition) is 2. The zero-order valence-electron chi connectivity index (χ0n) is 8.36. The van der Waals surface area contributed by atoms with E-state index in [1.165, 1.54) is 0 Å². The number of hydrogen-bond donors (Lipinski definition) is 0. The van der Waals surface area contributed by atoms with Gasteiger partial charge in [-0.2, -0.15) is 0 Å². The molecule has 2 rings (SSSR count). The van der Waals surface area contributed by atoms with Crippen molar-refractivity contribution in [2.45, 2.75) is 19.2 Å². The van der Waals surface area contributed by atoms with E-state index in [-0.39, 0.29) is 0 Å². The minimum absolute atomic E-state index is 0.443. The molecule has 1 unspecified atom stereocenters. The lowest BCUT2D eigenvalue weighted by atomic mass is 9.70. The van der Waals surface area contributed by atoms with Crippen LogP contribution in [0.1, 0.15) is 13.8 Å². The molecule has 14 heavy (non-hydrogen) atoms. The first-order valence-electron chi connectivity index (χ1n) is 4.57. The maximum Gasteiger partial charge on any atom is 0.0886 e. The van der Waals surface area contributed by atoms with E-state index in [1.807, 2.05) is 32.1 Å². The summed E-state index contributed by atoms with van der Waals surface area (Å²) in [5.74, 6) is 0. The molecule has 0 aliphatic heterocycles. The SMILES string of the molecule is [B]C1(C)C=C(C)C=c2nccnc2=C1. The fourth-order valence-electron chi connectivity index (χ4n) is 1.67. The molecule has 1 aromatic rings. The van der Waals surface area contributed by atoms with Crippen molar-refractivity contribution in [1.82, 2.24) is 9.97 Å². The minimum Gasteiger partial charge on any atom is -0.253 e. The standard InChI is InChI=1S/C11H11BN2/c1-8-5-9-10(14-4-3-13-9)7-11(2,12)6-8/h3-7H,1-2H3. The molecule has 0 amide bonds. The highest BCUT2D eigenvalue weighted by atomic mass is 14.8. The van der Waals surface area contributed by atoms with Gasteiger partial charge in [-0.25, -0.2) is 0 Å². The van der Waals surface area contributed by atoms with Crippen LogP contribution in [0, 0.1) is 0 Å². The Labute approximate surface area is 84.5 Å². The van der Waals surface area contributed by atoms with Gasteiger partial charge in [0, 0.05) is 12.4 Å². The van der Waals surface area contributed by atoms with Crippen LogP contribution in [0.15, 0.2) is 24.0 Å². The van der Waals surface area contributed by atoms with Crippen LogP contribution in [0.4, 0.5) is 0 Å². The summed E-state index contributed by atoms with van der Waals surface area (Å²) in [5, 5.41) is 1.29. The quantitative estimate of drug-likeness (QED) is 0.541. The molecule has 3 heteroatoms. The average molecular weight is 182 g/mol. The van der Waals surface area contributed by atoms with Crippen LogP contribution in [0.25, 0.3) is 12.2 Å². The Hall–Kier alpha value is -1.38. The van der Waals surface area contributed by atoms with E-state index in [4.69, 9.17) is 7.85 Å². The van der Waals surface area contributed by atoms with Gasteiger partial charge in [0.2, 0.25) is 0 Å². The van der Waals surface area contributed by atoms with Crippen LogP contribution in [-0.4, -0.2) is 17.8 Å². The van der Waals surface area contributed by atoms with Gasteiger partial charge in [-0.15, -0.1) is 0 Å². The predicted octanol–water partition coefficient (Wildman–Crippen LogP) is 0.345. The first-order valence-corrected chi connectivity index (χ1v) is 4.57. The molecule has 0 aromatic carbocycles. The number of rotatable bonds is 0. The number of aromatic nitrogens is 2. The molecule has 0 saturated heterocycles. The maximum atomic E-state index is 6.06. The lowest BCUT2D eigenvalue weighted by Gasteiger charge is -2.14. The molecule has 0 spiro atoms. The van der Waals surface area contributed by atoms with Crippen LogP contribution in [0.3, 0.4) is 0 Å². The van der Waals surface area contributed by atoms with Crippen molar-refractivity contribution in [3.05, 3.63) is 34.7 Å². The van der Waals surface area contributed by atoms with Gasteiger partial charge >= 0.3 is 0 Å². The minimum atomic E-state index is -0.443. The van der Waals surface area contributed by atoms with Gasteiger partial charge < -0.3 is 0 Å². The van der Waals surface area contributed by atoms with Gasteiger partial charge in [0.05, 0.1) is 18.5 Å². The molecule has 2 nitrogen and oxygen atoms in total. The highest BCUT2D eigenvalue weighted by molar-refractivity contribution is 6.20. The van der Waals surface area contributed by atoms with Crippen LogP contribution in [-0.2, 0) is 0 Å². The summed E-state index contributed by atoms with van der Waals surface area (Å²) >= 11 is 0. The second-order valence-electron chi connectivity index (χ2n) is 3.87. The summed E-state index contributed by atoms with van der Waals surface area (Å²) in [7, 11) is 6.06. The van der Waals surface area contributed by atoms with Gasteiger partial charge in [-0.05, 0) is 18.3 Å². The molecule has 1 heterocycles. The van der Waals surface area contributed by atoms with Gasteiger partial charge in [0.1, 0.15) is 0 Å². The lowest BCUT2D eigenvalue weighted by molar-refractivity contribution is 0.998. The summed E-state index contributed by atoms with van der Waals surface area (Å²) in [4.78, 5) is 8.50. The zero-order valence-corrected chi connectivity index (χ0v) is 8.36. The molecule has 0 saturated carbocycles. The number of nitrogens with zero attached hydrogens (tertiary/aromatic N) is 2.